The highest BCUT2D eigenvalue weighted by molar-refractivity contribution is 5.83. The van der Waals surface area contributed by atoms with Gasteiger partial charge in [0.1, 0.15) is 0 Å². The Hall–Kier alpha value is -0.610. The molecule has 5 rings (SSSR count). The Kier molecular flexibility index (Phi) is 3.26. The van der Waals surface area contributed by atoms with Crippen LogP contribution in [0.3, 0.4) is 0 Å². The van der Waals surface area contributed by atoms with Gasteiger partial charge in [-0.2, -0.15) is 0 Å². The average molecular weight is 320 g/mol. The van der Waals surface area contributed by atoms with Crippen LogP contribution in [0.1, 0.15) is 71.6 Å². The first-order valence-electron chi connectivity index (χ1n) is 9.44. The third-order valence-electron chi connectivity index (χ3n) is 7.20. The zero-order chi connectivity index (χ0) is 16.5. The largest absolute Gasteiger partial charge is 0.390 e. The number of nitrogens with two attached hydrogens (primary N) is 1. The molecule has 3 atom stereocenters. The Morgan fingerprint density at radius 3 is 2.04 bits per heavy atom. The second-order valence-electron chi connectivity index (χ2n) is 10.1. The van der Waals surface area contributed by atoms with Gasteiger partial charge in [-0.05, 0) is 74.0 Å². The summed E-state index contributed by atoms with van der Waals surface area (Å²) in [5.41, 5.74) is 6.13. The van der Waals surface area contributed by atoms with E-state index in [1.807, 2.05) is 4.90 Å². The van der Waals surface area contributed by atoms with E-state index in [-0.39, 0.29) is 22.2 Å². The van der Waals surface area contributed by atoms with Gasteiger partial charge in [0.2, 0.25) is 5.91 Å². The van der Waals surface area contributed by atoms with Crippen molar-refractivity contribution < 1.29 is 9.90 Å². The minimum atomic E-state index is -0.599. The van der Waals surface area contributed by atoms with E-state index in [0.29, 0.717) is 0 Å². The third-order valence-corrected chi connectivity index (χ3v) is 7.20. The first kappa shape index (κ1) is 15.9. The van der Waals surface area contributed by atoms with Gasteiger partial charge >= 0.3 is 0 Å². The number of likely N-dealkylation sites (tertiary alicyclic amines) is 1. The third kappa shape index (κ3) is 2.44. The minimum Gasteiger partial charge on any atom is -0.390 e. The molecule has 4 heteroatoms. The summed E-state index contributed by atoms with van der Waals surface area (Å²) in [7, 11) is 0. The van der Waals surface area contributed by atoms with Crippen molar-refractivity contribution in [1.82, 2.24) is 4.90 Å². The molecular weight excluding hydrogens is 288 g/mol. The van der Waals surface area contributed by atoms with Crippen molar-refractivity contribution >= 4 is 5.91 Å². The van der Waals surface area contributed by atoms with Crippen LogP contribution in [0.15, 0.2) is 0 Å². The Morgan fingerprint density at radius 2 is 1.52 bits per heavy atom. The van der Waals surface area contributed by atoms with Crippen molar-refractivity contribution in [2.45, 2.75) is 83.3 Å². The molecule has 1 saturated heterocycles. The van der Waals surface area contributed by atoms with Crippen LogP contribution in [0.4, 0.5) is 0 Å². The molecule has 0 aromatic carbocycles. The number of hydrogen-bond donors (Lipinski definition) is 2. The van der Waals surface area contributed by atoms with Crippen molar-refractivity contribution in [2.75, 3.05) is 13.1 Å². The van der Waals surface area contributed by atoms with Crippen LogP contribution in [-0.2, 0) is 4.79 Å². The van der Waals surface area contributed by atoms with Gasteiger partial charge in [0.05, 0.1) is 11.6 Å². The zero-order valence-electron chi connectivity index (χ0n) is 14.7. The number of piperidine rings is 1. The van der Waals surface area contributed by atoms with Crippen molar-refractivity contribution in [3.8, 4) is 0 Å². The van der Waals surface area contributed by atoms with E-state index in [1.165, 1.54) is 12.8 Å². The summed E-state index contributed by atoms with van der Waals surface area (Å²) in [5.74, 6) is 0.141. The van der Waals surface area contributed by atoms with Crippen molar-refractivity contribution in [1.29, 1.82) is 0 Å². The van der Waals surface area contributed by atoms with E-state index in [9.17, 15) is 9.90 Å². The van der Waals surface area contributed by atoms with Crippen LogP contribution < -0.4 is 5.73 Å². The van der Waals surface area contributed by atoms with E-state index >= 15 is 0 Å². The summed E-state index contributed by atoms with van der Waals surface area (Å²) in [6, 6.07) is -0.438. The van der Waals surface area contributed by atoms with E-state index in [2.05, 4.69) is 13.8 Å². The maximum absolute atomic E-state index is 13.0. The van der Waals surface area contributed by atoms with Crippen LogP contribution >= 0.6 is 0 Å². The monoisotopic (exact) mass is 320 g/mol. The van der Waals surface area contributed by atoms with E-state index < -0.39 is 11.6 Å². The average Bonchev–Trinajstić information content (AvgIpc) is 2.41. The van der Waals surface area contributed by atoms with E-state index in [1.54, 1.807) is 0 Å². The number of carbonyl (C=O) groups excluding carboxylic acids is 1. The molecule has 130 valence electrons. The predicted octanol–water partition coefficient (Wildman–Crippen LogP) is 2.44. The fourth-order valence-electron chi connectivity index (χ4n) is 7.63. The molecule has 4 nitrogen and oxygen atoms in total. The van der Waals surface area contributed by atoms with Crippen LogP contribution in [-0.4, -0.2) is 40.6 Å². The van der Waals surface area contributed by atoms with Gasteiger partial charge in [-0.15, -0.1) is 0 Å². The topological polar surface area (TPSA) is 66.6 Å². The summed E-state index contributed by atoms with van der Waals surface area (Å²) in [6.45, 7) is 6.34. The zero-order valence-corrected chi connectivity index (χ0v) is 14.7. The summed E-state index contributed by atoms with van der Waals surface area (Å²) in [5, 5.41) is 11.2. The molecule has 3 N–H and O–H groups in total. The van der Waals surface area contributed by atoms with Gasteiger partial charge in [0.15, 0.2) is 0 Å². The summed E-state index contributed by atoms with van der Waals surface area (Å²) >= 11 is 0. The highest BCUT2D eigenvalue weighted by atomic mass is 16.3. The Morgan fingerprint density at radius 1 is 0.957 bits per heavy atom. The lowest BCUT2D eigenvalue weighted by Crippen LogP contribution is -2.69. The molecule has 0 aromatic heterocycles. The number of carbonyl (C=O) groups is 1. The lowest BCUT2D eigenvalue weighted by Gasteiger charge is -2.69. The minimum absolute atomic E-state index is 0.141. The first-order chi connectivity index (χ1) is 10.7. The maximum Gasteiger partial charge on any atom is 0.240 e. The van der Waals surface area contributed by atoms with E-state index in [4.69, 9.17) is 5.73 Å². The van der Waals surface area contributed by atoms with Crippen LogP contribution in [0.25, 0.3) is 0 Å². The number of nitrogens with zero attached hydrogens (tertiary/aromatic N) is 1. The van der Waals surface area contributed by atoms with E-state index in [0.717, 1.165) is 58.0 Å². The van der Waals surface area contributed by atoms with Crippen LogP contribution in [0, 0.1) is 16.2 Å². The molecule has 1 aliphatic heterocycles. The first-order valence-corrected chi connectivity index (χ1v) is 9.44. The Bertz CT molecular complexity index is 472. The molecule has 4 bridgehead atoms. The fraction of sp³-hybridized carbons (Fsp3) is 0.947. The van der Waals surface area contributed by atoms with Gasteiger partial charge in [-0.25, -0.2) is 0 Å². The number of amides is 1. The summed E-state index contributed by atoms with van der Waals surface area (Å²) in [6.07, 6.45) is 9.14. The molecule has 1 heterocycles. The van der Waals surface area contributed by atoms with Crippen molar-refractivity contribution in [2.24, 2.45) is 22.0 Å². The Balaban J connectivity index is 1.63. The van der Waals surface area contributed by atoms with Gasteiger partial charge < -0.3 is 15.7 Å². The number of rotatable bonds is 2. The molecular formula is C19H32N2O2. The lowest BCUT2D eigenvalue weighted by molar-refractivity contribution is -0.230. The normalized spacial score (nSPS) is 50.2. The van der Waals surface area contributed by atoms with Gasteiger partial charge in [0.25, 0.3) is 0 Å². The highest BCUT2D eigenvalue weighted by Gasteiger charge is 2.67. The second kappa shape index (κ2) is 4.72. The quantitative estimate of drug-likeness (QED) is 0.821. The molecule has 3 unspecified atom stereocenters. The fourth-order valence-corrected chi connectivity index (χ4v) is 7.63. The van der Waals surface area contributed by atoms with Crippen molar-refractivity contribution in [3.05, 3.63) is 0 Å². The maximum atomic E-state index is 13.0. The van der Waals surface area contributed by atoms with Crippen LogP contribution in [0.2, 0.25) is 0 Å². The highest BCUT2D eigenvalue weighted by Crippen LogP contribution is 2.71. The standard InChI is InChI=1S/C19H32N2O2/c1-16-8-17(2)10-18(9-16,13-19(23,11-16)12-17)14(20)15(22)21-6-4-3-5-7-21/h14,23H,3-13,20H2,1-2H3. The summed E-state index contributed by atoms with van der Waals surface area (Å²) < 4.78 is 0. The molecule has 1 amide bonds. The molecule has 4 saturated carbocycles. The van der Waals surface area contributed by atoms with Crippen molar-refractivity contribution in [3.63, 3.8) is 0 Å². The Labute approximate surface area is 139 Å². The smallest absolute Gasteiger partial charge is 0.240 e. The SMILES string of the molecule is CC12CC3(C)CC(O)(C1)CC(C(N)C(=O)N1CCCCC1)(C2)C3. The molecule has 4 aliphatic carbocycles. The molecule has 23 heavy (non-hydrogen) atoms. The molecule has 0 aromatic rings. The van der Waals surface area contributed by atoms with Gasteiger partial charge in [-0.1, -0.05) is 13.8 Å². The number of hydrogen-bond acceptors (Lipinski definition) is 3. The lowest BCUT2D eigenvalue weighted by atomic mass is 9.38. The van der Waals surface area contributed by atoms with Crippen LogP contribution in [0.5, 0.6) is 0 Å². The molecule has 0 spiro atoms. The van der Waals surface area contributed by atoms with Gasteiger partial charge in [-0.3, -0.25) is 4.79 Å². The molecule has 5 aliphatic rings. The summed E-state index contributed by atoms with van der Waals surface area (Å²) in [4.78, 5) is 15.0. The second-order valence-corrected chi connectivity index (χ2v) is 10.1. The number of aliphatic hydroxyl groups is 1. The molecule has 0 radical (unpaired) electrons. The molecule has 5 fully saturated rings. The predicted molar refractivity (Wildman–Crippen MR) is 89.7 cm³/mol. The van der Waals surface area contributed by atoms with Gasteiger partial charge in [0, 0.05) is 13.1 Å².